The van der Waals surface area contributed by atoms with Crippen LogP contribution in [-0.2, 0) is 23.3 Å². The van der Waals surface area contributed by atoms with Gasteiger partial charge in [0.15, 0.2) is 6.23 Å². The monoisotopic (exact) mass is 402 g/mol. The number of aliphatic hydroxyl groups is 1. The number of H-pyrrole nitrogens is 1. The van der Waals surface area contributed by atoms with E-state index in [1.54, 1.807) is 0 Å². The van der Waals surface area contributed by atoms with Gasteiger partial charge in [-0.05, 0) is 0 Å². The quantitative estimate of drug-likeness (QED) is 0.391. The van der Waals surface area contributed by atoms with Crippen LogP contribution >= 0.6 is 7.60 Å². The summed E-state index contributed by atoms with van der Waals surface area (Å²) >= 11 is 0. The standard InChI is InChI=1S/C15H19N2O9P/c1-23-7-15-8-24-10(11(15)26-27(2,21)22)13(25-15)17-6-9(4-3-5-18)12(19)16-14(17)20/h6,10-11,13,18H,5,7-8H2,1-2H3,(H,21,22)(H,16,19,20)/t10?,11-,13-,15+/m1/s1. The summed E-state index contributed by atoms with van der Waals surface area (Å²) < 4.78 is 34.9. The molecule has 0 aliphatic carbocycles. The van der Waals surface area contributed by atoms with Crippen LogP contribution in [0.25, 0.3) is 0 Å². The Hall–Kier alpha value is -1.77. The van der Waals surface area contributed by atoms with Gasteiger partial charge in [-0.25, -0.2) is 4.79 Å². The number of hydrogen-bond donors (Lipinski definition) is 3. The summed E-state index contributed by atoms with van der Waals surface area (Å²) in [7, 11) is -2.46. The van der Waals surface area contributed by atoms with Crippen LogP contribution in [0.2, 0.25) is 0 Å². The molecule has 11 nitrogen and oxygen atoms in total. The van der Waals surface area contributed by atoms with Gasteiger partial charge in [0.05, 0.1) is 13.2 Å². The Balaban J connectivity index is 2.03. The third-order valence-electron chi connectivity index (χ3n) is 4.22. The van der Waals surface area contributed by atoms with Crippen LogP contribution in [0.3, 0.4) is 0 Å². The highest BCUT2D eigenvalue weighted by molar-refractivity contribution is 7.51. The van der Waals surface area contributed by atoms with Gasteiger partial charge in [0, 0.05) is 20.0 Å². The van der Waals surface area contributed by atoms with Crippen LogP contribution in [0.15, 0.2) is 15.8 Å². The number of aromatic amines is 1. The molecule has 12 heteroatoms. The first-order valence-corrected chi connectivity index (χ1v) is 9.95. The lowest BCUT2D eigenvalue weighted by Gasteiger charge is -2.31. The van der Waals surface area contributed by atoms with Crippen molar-refractivity contribution in [3.63, 3.8) is 0 Å². The molecule has 3 rings (SSSR count). The van der Waals surface area contributed by atoms with Crippen LogP contribution in [0.5, 0.6) is 0 Å². The van der Waals surface area contributed by atoms with E-state index in [1.165, 1.54) is 13.3 Å². The Morgan fingerprint density at radius 3 is 2.89 bits per heavy atom. The highest BCUT2D eigenvalue weighted by atomic mass is 31.2. The van der Waals surface area contributed by atoms with Crippen LogP contribution in [0, 0.1) is 11.8 Å². The number of nitrogens with zero attached hydrogens (tertiary/aromatic N) is 1. The molecule has 1 aromatic heterocycles. The molecule has 148 valence electrons. The van der Waals surface area contributed by atoms with E-state index in [1.807, 2.05) is 0 Å². The molecule has 27 heavy (non-hydrogen) atoms. The zero-order valence-electron chi connectivity index (χ0n) is 14.6. The summed E-state index contributed by atoms with van der Waals surface area (Å²) in [5.41, 5.74) is -2.73. The summed E-state index contributed by atoms with van der Waals surface area (Å²) in [4.78, 5) is 35.9. The molecule has 0 radical (unpaired) electrons. The van der Waals surface area contributed by atoms with E-state index in [0.717, 1.165) is 11.2 Å². The molecule has 3 N–H and O–H groups in total. The normalized spacial score (nSPS) is 31.3. The molecule has 1 aromatic rings. The smallest absolute Gasteiger partial charge is 0.330 e. The van der Waals surface area contributed by atoms with Gasteiger partial charge in [-0.15, -0.1) is 0 Å². The minimum atomic E-state index is -3.89. The molecule has 0 saturated carbocycles. The van der Waals surface area contributed by atoms with E-state index >= 15 is 0 Å². The summed E-state index contributed by atoms with van der Waals surface area (Å²) in [5, 5.41) is 8.80. The molecule has 5 atom stereocenters. The molecule has 2 bridgehead atoms. The number of fused-ring (bicyclic) bond motifs is 2. The van der Waals surface area contributed by atoms with E-state index in [4.69, 9.17) is 23.8 Å². The largest absolute Gasteiger partial charge is 0.384 e. The van der Waals surface area contributed by atoms with Crippen LogP contribution in [0.4, 0.5) is 0 Å². The van der Waals surface area contributed by atoms with Crippen molar-refractivity contribution in [2.45, 2.75) is 24.0 Å². The number of aliphatic hydroxyl groups excluding tert-OH is 1. The minimum Gasteiger partial charge on any atom is -0.384 e. The average Bonchev–Trinajstić information content (AvgIpc) is 3.04. The molecule has 3 heterocycles. The second-order valence-electron chi connectivity index (χ2n) is 6.28. The van der Waals surface area contributed by atoms with Gasteiger partial charge in [-0.3, -0.25) is 23.4 Å². The maximum absolute atomic E-state index is 12.3. The van der Waals surface area contributed by atoms with Gasteiger partial charge in [0.1, 0.15) is 30.0 Å². The van der Waals surface area contributed by atoms with Crippen molar-refractivity contribution in [1.29, 1.82) is 0 Å². The second-order valence-corrected chi connectivity index (χ2v) is 8.10. The van der Waals surface area contributed by atoms with Gasteiger partial charge < -0.3 is 24.2 Å². The third-order valence-corrected chi connectivity index (χ3v) is 4.83. The van der Waals surface area contributed by atoms with E-state index in [2.05, 4.69) is 16.8 Å². The SMILES string of the molecule is COC[C@@]12COC([C@H](n3cc(C#CCO)c(=O)[nH]c3=O)O1)[C@H]2OP(C)(=O)O. The number of rotatable bonds is 5. The summed E-state index contributed by atoms with van der Waals surface area (Å²) in [6.45, 7) is 0.621. The number of ether oxygens (including phenoxy) is 3. The summed E-state index contributed by atoms with van der Waals surface area (Å²) in [6.07, 6.45) is -1.71. The average molecular weight is 402 g/mol. The highest BCUT2D eigenvalue weighted by Crippen LogP contribution is 2.52. The maximum Gasteiger partial charge on any atom is 0.330 e. The summed E-state index contributed by atoms with van der Waals surface area (Å²) in [6, 6.07) is 0. The minimum absolute atomic E-state index is 0.0000539. The molecule has 2 aliphatic rings. The molecule has 0 amide bonds. The molecule has 0 aromatic carbocycles. The van der Waals surface area contributed by atoms with Gasteiger partial charge in [0.2, 0.25) is 0 Å². The van der Waals surface area contributed by atoms with Crippen molar-refractivity contribution in [2.24, 2.45) is 0 Å². The van der Waals surface area contributed by atoms with Crippen molar-refractivity contribution >= 4 is 7.60 Å². The third kappa shape index (κ3) is 3.79. The topological polar surface area (TPSA) is 149 Å². The van der Waals surface area contributed by atoms with Crippen LogP contribution in [-0.4, -0.2) is 71.0 Å². The van der Waals surface area contributed by atoms with Crippen molar-refractivity contribution in [1.82, 2.24) is 9.55 Å². The number of aromatic nitrogens is 2. The zero-order valence-corrected chi connectivity index (χ0v) is 15.5. The lowest BCUT2D eigenvalue weighted by atomic mass is 10.0. The van der Waals surface area contributed by atoms with E-state index < -0.39 is 49.5 Å². The van der Waals surface area contributed by atoms with E-state index in [9.17, 15) is 19.0 Å². The summed E-state index contributed by atoms with van der Waals surface area (Å²) in [5.74, 6) is 4.77. The van der Waals surface area contributed by atoms with Gasteiger partial charge in [-0.2, -0.15) is 0 Å². The lowest BCUT2D eigenvalue weighted by Crippen LogP contribution is -2.46. The molecule has 2 fully saturated rings. The first-order chi connectivity index (χ1) is 12.7. The van der Waals surface area contributed by atoms with Gasteiger partial charge in [-0.1, -0.05) is 11.8 Å². The predicted molar refractivity (Wildman–Crippen MR) is 90.4 cm³/mol. The molecular weight excluding hydrogens is 383 g/mol. The van der Waals surface area contributed by atoms with Gasteiger partial charge >= 0.3 is 13.3 Å². The maximum atomic E-state index is 12.3. The van der Waals surface area contributed by atoms with E-state index in [0.29, 0.717) is 0 Å². The second kappa shape index (κ2) is 7.33. The van der Waals surface area contributed by atoms with E-state index in [-0.39, 0.29) is 18.8 Å². The first kappa shape index (κ1) is 20.0. The Bertz CT molecular complexity index is 939. The lowest BCUT2D eigenvalue weighted by molar-refractivity contribution is -0.190. The zero-order chi connectivity index (χ0) is 19.8. The van der Waals surface area contributed by atoms with Crippen molar-refractivity contribution in [3.05, 3.63) is 32.6 Å². The van der Waals surface area contributed by atoms with Crippen LogP contribution < -0.4 is 11.2 Å². The molecule has 2 unspecified atom stereocenters. The van der Waals surface area contributed by atoms with Crippen LogP contribution in [0.1, 0.15) is 11.8 Å². The Morgan fingerprint density at radius 1 is 1.52 bits per heavy atom. The predicted octanol–water partition coefficient (Wildman–Crippen LogP) is -1.61. The fraction of sp³-hybridized carbons (Fsp3) is 0.600. The number of methoxy groups -OCH3 is 1. The van der Waals surface area contributed by atoms with Crippen molar-refractivity contribution in [3.8, 4) is 11.8 Å². The molecular formula is C15H19N2O9P. The fourth-order valence-corrected chi connectivity index (χ4v) is 3.96. The van der Waals surface area contributed by atoms with Crippen molar-refractivity contribution in [2.75, 3.05) is 33.6 Å². The first-order valence-electron chi connectivity index (χ1n) is 7.93. The molecule has 2 saturated heterocycles. The Morgan fingerprint density at radius 2 is 2.26 bits per heavy atom. The number of hydrogen-bond acceptors (Lipinski definition) is 8. The Labute approximate surface area is 153 Å². The highest BCUT2D eigenvalue weighted by Gasteiger charge is 2.64. The Kier molecular flexibility index (Phi) is 5.42. The fourth-order valence-electron chi connectivity index (χ4n) is 3.23. The van der Waals surface area contributed by atoms with Crippen molar-refractivity contribution < 1.29 is 33.3 Å². The molecule has 0 spiro atoms. The number of nitrogens with one attached hydrogen (secondary N) is 1. The van der Waals surface area contributed by atoms with Gasteiger partial charge in [0.25, 0.3) is 5.56 Å². The molecule has 2 aliphatic heterocycles.